The van der Waals surface area contributed by atoms with E-state index in [1.165, 1.54) is 23.9 Å². The number of nitrogens with one attached hydrogen (secondary N) is 1. The first-order valence-corrected chi connectivity index (χ1v) is 7.98. The van der Waals surface area contributed by atoms with E-state index >= 15 is 0 Å². The molecular weight excluding hydrogens is 318 g/mol. The highest BCUT2D eigenvalue weighted by molar-refractivity contribution is 7.99. The molecule has 0 bridgehead atoms. The van der Waals surface area contributed by atoms with Crippen LogP contribution in [0, 0.1) is 24.0 Å². The molecule has 1 N–H and O–H groups in total. The minimum atomic E-state index is -0.490. The van der Waals surface area contributed by atoms with E-state index < -0.39 is 4.92 Å². The Labute approximate surface area is 137 Å². The molecule has 122 valence electrons. The predicted octanol–water partition coefficient (Wildman–Crippen LogP) is 2.55. The molecule has 0 aliphatic rings. The number of thioether (sulfide) groups is 1. The summed E-state index contributed by atoms with van der Waals surface area (Å²) in [5.41, 5.74) is 1.15. The number of non-ortho nitro benzene ring substituents is 1. The van der Waals surface area contributed by atoms with Gasteiger partial charge in [0, 0.05) is 18.7 Å². The lowest BCUT2D eigenvalue weighted by molar-refractivity contribution is -0.384. The molecule has 8 nitrogen and oxygen atoms in total. The maximum absolute atomic E-state index is 12.1. The molecule has 2 rings (SSSR count). The van der Waals surface area contributed by atoms with Crippen LogP contribution in [0.5, 0.6) is 0 Å². The Balaban J connectivity index is 2.02. The highest BCUT2D eigenvalue weighted by Gasteiger charge is 2.13. The van der Waals surface area contributed by atoms with E-state index in [1.54, 1.807) is 13.0 Å². The lowest BCUT2D eigenvalue weighted by atomic mass is 10.2. The smallest absolute Gasteiger partial charge is 0.271 e. The molecule has 2 aromatic rings. The van der Waals surface area contributed by atoms with Crippen LogP contribution < -0.4 is 5.32 Å². The molecule has 1 aromatic heterocycles. The number of nitrogens with zero attached hydrogens (tertiary/aromatic N) is 4. The molecule has 0 fully saturated rings. The minimum absolute atomic E-state index is 0.0556. The first-order valence-electron chi connectivity index (χ1n) is 7.00. The molecule has 0 saturated heterocycles. The van der Waals surface area contributed by atoms with E-state index in [2.05, 4.69) is 15.5 Å². The van der Waals surface area contributed by atoms with Crippen LogP contribution in [0.15, 0.2) is 23.4 Å². The molecule has 9 heteroatoms. The number of aryl methyl sites for hydroxylation is 2. The van der Waals surface area contributed by atoms with Gasteiger partial charge in [0.15, 0.2) is 5.16 Å². The molecule has 1 aromatic carbocycles. The van der Waals surface area contributed by atoms with E-state index in [1.807, 2.05) is 18.4 Å². The van der Waals surface area contributed by atoms with Crippen molar-refractivity contribution >= 4 is 29.0 Å². The summed E-state index contributed by atoms with van der Waals surface area (Å²) in [6.07, 6.45) is 0. The number of nitro benzene ring substituents is 1. The summed E-state index contributed by atoms with van der Waals surface area (Å²) in [5.74, 6) is 0.701. The maximum atomic E-state index is 12.1. The Morgan fingerprint density at radius 2 is 2.13 bits per heavy atom. The fourth-order valence-electron chi connectivity index (χ4n) is 2.01. The second-order valence-corrected chi connectivity index (χ2v) is 5.81. The van der Waals surface area contributed by atoms with Crippen LogP contribution in [0.1, 0.15) is 18.3 Å². The first kappa shape index (κ1) is 16.9. The molecule has 1 amide bonds. The highest BCUT2D eigenvalue weighted by Crippen LogP contribution is 2.23. The zero-order valence-corrected chi connectivity index (χ0v) is 13.9. The number of hydrogen-bond acceptors (Lipinski definition) is 6. The third-order valence-corrected chi connectivity index (χ3v) is 4.22. The molecule has 1 heterocycles. The number of anilines is 1. The van der Waals surface area contributed by atoms with Crippen LogP contribution in [0.4, 0.5) is 11.4 Å². The number of aromatic nitrogens is 3. The summed E-state index contributed by atoms with van der Waals surface area (Å²) in [6.45, 7) is 6.34. The molecule has 0 radical (unpaired) electrons. The third kappa shape index (κ3) is 4.07. The largest absolute Gasteiger partial charge is 0.325 e. The standard InChI is InChI=1S/C14H17N5O3S/c1-4-18-10(3)16-17-14(18)23-8-13(20)15-12-7-11(19(21)22)6-5-9(12)2/h5-7H,4,8H2,1-3H3,(H,15,20). The molecule has 0 aliphatic heterocycles. The van der Waals surface area contributed by atoms with Crippen LogP contribution in [-0.2, 0) is 11.3 Å². The van der Waals surface area contributed by atoms with E-state index in [9.17, 15) is 14.9 Å². The molecule has 0 unspecified atom stereocenters. The Kier molecular flexibility index (Phi) is 5.32. The topological polar surface area (TPSA) is 103 Å². The van der Waals surface area contributed by atoms with Gasteiger partial charge in [-0.2, -0.15) is 0 Å². The van der Waals surface area contributed by atoms with Crippen LogP contribution in [0.3, 0.4) is 0 Å². The number of benzene rings is 1. The third-order valence-electron chi connectivity index (χ3n) is 3.26. The maximum Gasteiger partial charge on any atom is 0.271 e. The summed E-state index contributed by atoms with van der Waals surface area (Å²) in [5, 5.41) is 22.2. The molecule has 0 saturated carbocycles. The van der Waals surface area contributed by atoms with Crippen LogP contribution in [0.25, 0.3) is 0 Å². The van der Waals surface area contributed by atoms with Crippen molar-refractivity contribution < 1.29 is 9.72 Å². The fraction of sp³-hybridized carbons (Fsp3) is 0.357. The van der Waals surface area contributed by atoms with Gasteiger partial charge in [0.05, 0.1) is 16.4 Å². The second-order valence-electron chi connectivity index (χ2n) is 4.87. The second kappa shape index (κ2) is 7.23. The fourth-order valence-corrected chi connectivity index (χ4v) is 2.85. The van der Waals surface area contributed by atoms with E-state index in [4.69, 9.17) is 0 Å². The van der Waals surface area contributed by atoms with Crippen LogP contribution in [0.2, 0.25) is 0 Å². The van der Waals surface area contributed by atoms with Crippen LogP contribution >= 0.6 is 11.8 Å². The number of carbonyl (C=O) groups excluding carboxylic acids is 1. The van der Waals surface area contributed by atoms with Crippen molar-refractivity contribution in [3.63, 3.8) is 0 Å². The van der Waals surface area contributed by atoms with Crippen molar-refractivity contribution in [1.82, 2.24) is 14.8 Å². The molecule has 23 heavy (non-hydrogen) atoms. The molecular formula is C14H17N5O3S. The average molecular weight is 335 g/mol. The lowest BCUT2D eigenvalue weighted by Crippen LogP contribution is -2.15. The van der Waals surface area contributed by atoms with E-state index in [0.717, 1.165) is 17.9 Å². The van der Waals surface area contributed by atoms with Crippen molar-refractivity contribution in [3.05, 3.63) is 39.7 Å². The zero-order chi connectivity index (χ0) is 17.0. The van der Waals surface area contributed by atoms with Gasteiger partial charge in [0.2, 0.25) is 5.91 Å². The van der Waals surface area contributed by atoms with Crippen molar-refractivity contribution in [1.29, 1.82) is 0 Å². The Bertz CT molecular complexity index is 744. The summed E-state index contributed by atoms with van der Waals surface area (Å²) >= 11 is 1.28. The van der Waals surface area contributed by atoms with Gasteiger partial charge in [-0.25, -0.2) is 0 Å². The Morgan fingerprint density at radius 1 is 1.39 bits per heavy atom. The predicted molar refractivity (Wildman–Crippen MR) is 87.6 cm³/mol. The normalized spacial score (nSPS) is 10.6. The van der Waals surface area contributed by atoms with Gasteiger partial charge in [-0.05, 0) is 26.3 Å². The van der Waals surface area contributed by atoms with Crippen molar-refractivity contribution in [2.24, 2.45) is 0 Å². The van der Waals surface area contributed by atoms with Gasteiger partial charge in [-0.3, -0.25) is 14.9 Å². The van der Waals surface area contributed by atoms with Gasteiger partial charge < -0.3 is 9.88 Å². The van der Waals surface area contributed by atoms with Crippen molar-refractivity contribution in [2.75, 3.05) is 11.1 Å². The molecule has 0 spiro atoms. The molecule has 0 aliphatic carbocycles. The summed E-state index contributed by atoms with van der Waals surface area (Å²) in [4.78, 5) is 22.4. The number of rotatable bonds is 6. The van der Waals surface area contributed by atoms with Gasteiger partial charge in [-0.15, -0.1) is 10.2 Å². The van der Waals surface area contributed by atoms with E-state index in [-0.39, 0.29) is 17.3 Å². The quantitative estimate of drug-likeness (QED) is 0.494. The van der Waals surface area contributed by atoms with Gasteiger partial charge in [0.25, 0.3) is 5.69 Å². The Hall–Kier alpha value is -2.42. The Morgan fingerprint density at radius 3 is 2.78 bits per heavy atom. The number of hydrogen-bond donors (Lipinski definition) is 1. The molecule has 0 atom stereocenters. The van der Waals surface area contributed by atoms with Gasteiger partial charge in [0.1, 0.15) is 5.82 Å². The number of carbonyl (C=O) groups is 1. The lowest BCUT2D eigenvalue weighted by Gasteiger charge is -2.08. The summed E-state index contributed by atoms with van der Waals surface area (Å²) in [7, 11) is 0. The van der Waals surface area contributed by atoms with Gasteiger partial charge >= 0.3 is 0 Å². The van der Waals surface area contributed by atoms with Gasteiger partial charge in [-0.1, -0.05) is 17.8 Å². The highest BCUT2D eigenvalue weighted by atomic mass is 32.2. The summed E-state index contributed by atoms with van der Waals surface area (Å²) in [6, 6.07) is 4.38. The van der Waals surface area contributed by atoms with Crippen molar-refractivity contribution in [3.8, 4) is 0 Å². The van der Waals surface area contributed by atoms with E-state index in [0.29, 0.717) is 10.8 Å². The minimum Gasteiger partial charge on any atom is -0.325 e. The SMILES string of the molecule is CCn1c(C)nnc1SCC(=O)Nc1cc([N+](=O)[O-])ccc1C. The number of amides is 1. The average Bonchev–Trinajstić information content (AvgIpc) is 2.87. The summed E-state index contributed by atoms with van der Waals surface area (Å²) < 4.78 is 1.91. The first-order chi connectivity index (χ1) is 10.9. The van der Waals surface area contributed by atoms with Crippen LogP contribution in [-0.4, -0.2) is 31.3 Å². The number of nitro groups is 1. The zero-order valence-electron chi connectivity index (χ0n) is 13.1. The monoisotopic (exact) mass is 335 g/mol. The van der Waals surface area contributed by atoms with Crippen molar-refractivity contribution in [2.45, 2.75) is 32.5 Å².